The fourth-order valence-corrected chi connectivity index (χ4v) is 3.85. The van der Waals surface area contributed by atoms with E-state index in [1.54, 1.807) is 6.20 Å². The summed E-state index contributed by atoms with van der Waals surface area (Å²) in [6, 6.07) is 4.07. The van der Waals surface area contributed by atoms with Gasteiger partial charge < -0.3 is 20.3 Å². The third-order valence-corrected chi connectivity index (χ3v) is 5.46. The van der Waals surface area contributed by atoms with Gasteiger partial charge in [-0.2, -0.15) is 0 Å². The fraction of sp³-hybridized carbons (Fsp3) is 0.667. The number of anilines is 1. The summed E-state index contributed by atoms with van der Waals surface area (Å²) in [6.45, 7) is 3.29. The normalized spacial score (nSPS) is 24.0. The number of rotatable bonds is 6. The molecule has 0 radical (unpaired) electrons. The predicted octanol–water partition coefficient (Wildman–Crippen LogP) is 2.29. The van der Waals surface area contributed by atoms with Gasteiger partial charge in [-0.05, 0) is 43.9 Å². The average molecular weight is 332 g/mol. The topological polar surface area (TPSA) is 66.5 Å². The molecule has 6 heteroatoms. The smallest absolute Gasteiger partial charge is 0.315 e. The molecule has 6 nitrogen and oxygen atoms in total. The summed E-state index contributed by atoms with van der Waals surface area (Å²) in [6.07, 6.45) is 6.60. The molecule has 1 heterocycles. The Hall–Kier alpha value is -1.82. The Kier molecular flexibility index (Phi) is 4.94. The summed E-state index contributed by atoms with van der Waals surface area (Å²) in [5.41, 5.74) is 1.24. The van der Waals surface area contributed by atoms with E-state index in [1.807, 2.05) is 38.1 Å². The standard InChI is InChI=1S/C18H28N4O2/c1-4-24-15-11-14(18(15)7-5-8-18)21-17(23)20-12-13-6-9-19-16(10-13)22(2)3/h6,9-10,14-15H,4-5,7-8,11-12H2,1-3H3,(H2,20,21,23)/t14-,15-/m1/s1. The van der Waals surface area contributed by atoms with Crippen LogP contribution in [0.3, 0.4) is 0 Å². The van der Waals surface area contributed by atoms with Gasteiger partial charge in [-0.15, -0.1) is 0 Å². The molecule has 2 fully saturated rings. The summed E-state index contributed by atoms with van der Waals surface area (Å²) in [5.74, 6) is 0.890. The summed E-state index contributed by atoms with van der Waals surface area (Å²) >= 11 is 0. The number of carbonyl (C=O) groups is 1. The first kappa shape index (κ1) is 17.0. The van der Waals surface area contributed by atoms with E-state index in [0.717, 1.165) is 24.4 Å². The van der Waals surface area contributed by atoms with Gasteiger partial charge in [-0.1, -0.05) is 6.42 Å². The molecular formula is C18H28N4O2. The van der Waals surface area contributed by atoms with Crippen LogP contribution in [-0.2, 0) is 11.3 Å². The fourth-order valence-electron chi connectivity index (χ4n) is 3.85. The van der Waals surface area contributed by atoms with Crippen LogP contribution >= 0.6 is 0 Å². The maximum Gasteiger partial charge on any atom is 0.315 e. The van der Waals surface area contributed by atoms with E-state index in [2.05, 4.69) is 15.6 Å². The van der Waals surface area contributed by atoms with Crippen LogP contribution < -0.4 is 15.5 Å². The van der Waals surface area contributed by atoms with Crippen LogP contribution in [0.2, 0.25) is 0 Å². The van der Waals surface area contributed by atoms with Crippen molar-refractivity contribution in [1.29, 1.82) is 0 Å². The van der Waals surface area contributed by atoms with Crippen LogP contribution in [0.4, 0.5) is 10.6 Å². The number of urea groups is 1. The minimum absolute atomic E-state index is 0.0931. The lowest BCUT2D eigenvalue weighted by Crippen LogP contribution is -2.68. The number of nitrogens with one attached hydrogen (secondary N) is 2. The second-order valence-electron chi connectivity index (χ2n) is 7.06. The number of nitrogens with zero attached hydrogens (tertiary/aromatic N) is 2. The SMILES string of the molecule is CCO[C@@H]1C[C@@H](NC(=O)NCc2ccnc(N(C)C)c2)C12CCC2. The van der Waals surface area contributed by atoms with Gasteiger partial charge in [-0.3, -0.25) is 0 Å². The van der Waals surface area contributed by atoms with Crippen molar-refractivity contribution in [3.05, 3.63) is 23.9 Å². The van der Waals surface area contributed by atoms with Crippen molar-refractivity contribution in [2.24, 2.45) is 5.41 Å². The molecule has 0 aromatic carbocycles. The molecule has 0 aliphatic heterocycles. The Bertz CT molecular complexity index is 586. The lowest BCUT2D eigenvalue weighted by atomic mass is 9.51. The molecule has 0 unspecified atom stereocenters. The van der Waals surface area contributed by atoms with Crippen molar-refractivity contribution < 1.29 is 9.53 Å². The van der Waals surface area contributed by atoms with Crippen LogP contribution in [-0.4, -0.2) is 43.9 Å². The van der Waals surface area contributed by atoms with Gasteiger partial charge in [-0.25, -0.2) is 9.78 Å². The molecule has 3 rings (SSSR count). The molecule has 1 aromatic rings. The van der Waals surface area contributed by atoms with Crippen molar-refractivity contribution >= 4 is 11.8 Å². The zero-order valence-electron chi connectivity index (χ0n) is 14.8. The van der Waals surface area contributed by atoms with Crippen molar-refractivity contribution in [3.8, 4) is 0 Å². The number of amides is 2. The van der Waals surface area contributed by atoms with E-state index >= 15 is 0 Å². The van der Waals surface area contributed by atoms with Crippen LogP contribution in [0.15, 0.2) is 18.3 Å². The highest BCUT2D eigenvalue weighted by atomic mass is 16.5. The Morgan fingerprint density at radius 1 is 1.46 bits per heavy atom. The third-order valence-electron chi connectivity index (χ3n) is 5.46. The summed E-state index contributed by atoms with van der Waals surface area (Å²) in [4.78, 5) is 18.5. The Morgan fingerprint density at radius 3 is 2.88 bits per heavy atom. The molecule has 2 aliphatic rings. The van der Waals surface area contributed by atoms with Crippen LogP contribution in [0.25, 0.3) is 0 Å². The van der Waals surface area contributed by atoms with Gasteiger partial charge in [0, 0.05) is 44.9 Å². The number of hydrogen-bond acceptors (Lipinski definition) is 4. The average Bonchev–Trinajstić information content (AvgIpc) is 2.50. The highest BCUT2D eigenvalue weighted by Gasteiger charge is 2.59. The predicted molar refractivity (Wildman–Crippen MR) is 94.0 cm³/mol. The molecule has 2 aliphatic carbocycles. The lowest BCUT2D eigenvalue weighted by molar-refractivity contribution is -0.169. The minimum Gasteiger partial charge on any atom is -0.378 e. The van der Waals surface area contributed by atoms with Gasteiger partial charge in [0.1, 0.15) is 5.82 Å². The minimum atomic E-state index is -0.0931. The first-order valence-corrected chi connectivity index (χ1v) is 8.83. The molecule has 0 bridgehead atoms. The Balaban J connectivity index is 1.49. The van der Waals surface area contributed by atoms with E-state index in [-0.39, 0.29) is 17.5 Å². The molecule has 2 N–H and O–H groups in total. The summed E-state index contributed by atoms with van der Waals surface area (Å²) in [5, 5.41) is 6.11. The Morgan fingerprint density at radius 2 is 2.25 bits per heavy atom. The second-order valence-corrected chi connectivity index (χ2v) is 7.06. The monoisotopic (exact) mass is 332 g/mol. The number of carbonyl (C=O) groups excluding carboxylic acids is 1. The number of hydrogen-bond donors (Lipinski definition) is 2. The molecule has 24 heavy (non-hydrogen) atoms. The number of ether oxygens (including phenoxy) is 1. The zero-order valence-corrected chi connectivity index (χ0v) is 14.8. The van der Waals surface area contributed by atoms with Crippen LogP contribution in [0.5, 0.6) is 0 Å². The van der Waals surface area contributed by atoms with Gasteiger partial charge in [0.15, 0.2) is 0 Å². The molecular weight excluding hydrogens is 304 g/mol. The highest BCUT2D eigenvalue weighted by molar-refractivity contribution is 5.74. The summed E-state index contributed by atoms with van der Waals surface area (Å²) < 4.78 is 5.83. The number of aromatic nitrogens is 1. The molecule has 2 saturated carbocycles. The van der Waals surface area contributed by atoms with E-state index in [4.69, 9.17) is 4.74 Å². The third kappa shape index (κ3) is 3.20. The van der Waals surface area contributed by atoms with Crippen molar-refractivity contribution in [2.45, 2.75) is 51.3 Å². The Labute approximate surface area is 144 Å². The van der Waals surface area contributed by atoms with Crippen LogP contribution in [0.1, 0.15) is 38.2 Å². The zero-order chi connectivity index (χ0) is 17.2. The van der Waals surface area contributed by atoms with Gasteiger partial charge in [0.05, 0.1) is 6.10 Å². The van der Waals surface area contributed by atoms with E-state index < -0.39 is 0 Å². The molecule has 132 valence electrons. The maximum atomic E-state index is 12.2. The number of pyridine rings is 1. The van der Waals surface area contributed by atoms with E-state index in [0.29, 0.717) is 12.6 Å². The second kappa shape index (κ2) is 6.97. The lowest BCUT2D eigenvalue weighted by Gasteiger charge is -2.60. The summed E-state index contributed by atoms with van der Waals surface area (Å²) in [7, 11) is 3.91. The molecule has 0 saturated heterocycles. The molecule has 2 atom stereocenters. The van der Waals surface area contributed by atoms with Gasteiger partial charge in [0.2, 0.25) is 0 Å². The van der Waals surface area contributed by atoms with E-state index in [1.165, 1.54) is 19.3 Å². The maximum absolute atomic E-state index is 12.2. The first-order chi connectivity index (χ1) is 11.5. The van der Waals surface area contributed by atoms with Gasteiger partial charge >= 0.3 is 6.03 Å². The van der Waals surface area contributed by atoms with Crippen molar-refractivity contribution in [1.82, 2.24) is 15.6 Å². The van der Waals surface area contributed by atoms with Crippen molar-refractivity contribution in [2.75, 3.05) is 25.6 Å². The van der Waals surface area contributed by atoms with Gasteiger partial charge in [0.25, 0.3) is 0 Å². The quantitative estimate of drug-likeness (QED) is 0.839. The first-order valence-electron chi connectivity index (χ1n) is 8.83. The molecule has 1 aromatic heterocycles. The largest absolute Gasteiger partial charge is 0.378 e. The van der Waals surface area contributed by atoms with Crippen LogP contribution in [0, 0.1) is 5.41 Å². The van der Waals surface area contributed by atoms with E-state index in [9.17, 15) is 4.79 Å². The highest BCUT2D eigenvalue weighted by Crippen LogP contribution is 2.57. The molecule has 1 spiro atoms. The molecule has 2 amide bonds. The van der Waals surface area contributed by atoms with Crippen molar-refractivity contribution in [3.63, 3.8) is 0 Å².